The third kappa shape index (κ3) is 6.37. The van der Waals surface area contributed by atoms with Gasteiger partial charge in [0.1, 0.15) is 5.75 Å². The first-order valence-electron chi connectivity index (χ1n) is 11.3. The number of hydrogen-bond donors (Lipinski definition) is 0. The number of carbonyl (C=O) groups excluding carboxylic acids is 2. The van der Waals surface area contributed by atoms with Crippen LogP contribution in [0.15, 0.2) is 24.3 Å². The van der Waals surface area contributed by atoms with Crippen LogP contribution in [0.3, 0.4) is 0 Å². The molecule has 1 aromatic carbocycles. The van der Waals surface area contributed by atoms with Crippen molar-refractivity contribution in [2.75, 3.05) is 32.8 Å². The average molecular weight is 435 g/mol. The standard InChI is InChI=1S/C24H35ClN2O3/c1-19(2)16-22(28)27-14-10-24(11-15-27,17-23(29)26-12-4-3-5-13-26)18-30-21-8-6-20(25)7-9-21/h6-9,19H,3-5,10-18H2,1-2H3. The molecule has 0 spiro atoms. The van der Waals surface area contributed by atoms with E-state index in [1.165, 1.54) is 6.42 Å². The fourth-order valence-corrected chi connectivity index (χ4v) is 4.55. The number of carbonyl (C=O) groups is 2. The Hall–Kier alpha value is -1.75. The fourth-order valence-electron chi connectivity index (χ4n) is 4.42. The molecule has 1 aromatic rings. The van der Waals surface area contributed by atoms with Gasteiger partial charge in [0.25, 0.3) is 0 Å². The van der Waals surface area contributed by atoms with Crippen LogP contribution in [0.4, 0.5) is 0 Å². The van der Waals surface area contributed by atoms with Gasteiger partial charge < -0.3 is 14.5 Å². The molecule has 166 valence electrons. The molecule has 2 aliphatic heterocycles. The molecular formula is C24H35ClN2O3. The number of amides is 2. The number of benzene rings is 1. The lowest BCUT2D eigenvalue weighted by atomic mass is 9.75. The molecule has 5 nitrogen and oxygen atoms in total. The highest BCUT2D eigenvalue weighted by Gasteiger charge is 2.39. The first-order valence-corrected chi connectivity index (χ1v) is 11.7. The SMILES string of the molecule is CC(C)CC(=O)N1CCC(COc2ccc(Cl)cc2)(CC(=O)N2CCCCC2)CC1. The van der Waals surface area contributed by atoms with E-state index in [-0.39, 0.29) is 17.2 Å². The predicted molar refractivity (Wildman–Crippen MR) is 120 cm³/mol. The van der Waals surface area contributed by atoms with Gasteiger partial charge in [-0.15, -0.1) is 0 Å². The van der Waals surface area contributed by atoms with Crippen molar-refractivity contribution in [3.8, 4) is 5.75 Å². The van der Waals surface area contributed by atoms with E-state index in [4.69, 9.17) is 16.3 Å². The second kappa shape index (κ2) is 10.5. The number of halogens is 1. The van der Waals surface area contributed by atoms with Crippen molar-refractivity contribution in [1.29, 1.82) is 0 Å². The van der Waals surface area contributed by atoms with Gasteiger partial charge in [-0.05, 0) is 62.3 Å². The fraction of sp³-hybridized carbons (Fsp3) is 0.667. The lowest BCUT2D eigenvalue weighted by Gasteiger charge is -2.42. The Labute approximate surface area is 185 Å². The van der Waals surface area contributed by atoms with Gasteiger partial charge in [-0.1, -0.05) is 25.4 Å². The first-order chi connectivity index (χ1) is 14.4. The summed E-state index contributed by atoms with van der Waals surface area (Å²) in [4.78, 5) is 29.6. The van der Waals surface area contributed by atoms with E-state index in [9.17, 15) is 9.59 Å². The largest absolute Gasteiger partial charge is 0.493 e. The zero-order valence-electron chi connectivity index (χ0n) is 18.4. The summed E-state index contributed by atoms with van der Waals surface area (Å²) in [7, 11) is 0. The van der Waals surface area contributed by atoms with Crippen molar-refractivity contribution in [1.82, 2.24) is 9.80 Å². The molecule has 2 fully saturated rings. The van der Waals surface area contributed by atoms with E-state index in [2.05, 4.69) is 13.8 Å². The predicted octanol–water partition coefficient (Wildman–Crippen LogP) is 4.78. The molecule has 0 unspecified atom stereocenters. The second-order valence-corrected chi connectivity index (χ2v) is 9.78. The first kappa shape index (κ1) is 22.9. The smallest absolute Gasteiger partial charge is 0.223 e. The van der Waals surface area contributed by atoms with Crippen molar-refractivity contribution >= 4 is 23.4 Å². The minimum Gasteiger partial charge on any atom is -0.493 e. The quantitative estimate of drug-likeness (QED) is 0.620. The third-order valence-corrected chi connectivity index (χ3v) is 6.61. The Kier molecular flexibility index (Phi) is 8.04. The van der Waals surface area contributed by atoms with Crippen molar-refractivity contribution in [3.63, 3.8) is 0 Å². The number of rotatable bonds is 7. The van der Waals surface area contributed by atoms with Crippen LogP contribution in [0.2, 0.25) is 5.02 Å². The summed E-state index contributed by atoms with van der Waals surface area (Å²) in [5, 5.41) is 0.675. The van der Waals surface area contributed by atoms with Crippen LogP contribution in [-0.4, -0.2) is 54.4 Å². The summed E-state index contributed by atoms with van der Waals surface area (Å²) in [6, 6.07) is 7.36. The topological polar surface area (TPSA) is 49.9 Å². The van der Waals surface area contributed by atoms with Crippen LogP contribution in [0.5, 0.6) is 5.75 Å². The number of likely N-dealkylation sites (tertiary alicyclic amines) is 2. The molecule has 0 bridgehead atoms. The van der Waals surface area contributed by atoms with E-state index in [0.29, 0.717) is 43.5 Å². The second-order valence-electron chi connectivity index (χ2n) is 9.34. The average Bonchev–Trinajstić information content (AvgIpc) is 2.74. The summed E-state index contributed by atoms with van der Waals surface area (Å²) in [6.07, 6.45) is 6.07. The minimum atomic E-state index is -0.233. The molecule has 2 aliphatic rings. The van der Waals surface area contributed by atoms with Gasteiger partial charge in [0, 0.05) is 49.5 Å². The Bertz CT molecular complexity index is 706. The summed E-state index contributed by atoms with van der Waals surface area (Å²) < 4.78 is 6.12. The van der Waals surface area contributed by atoms with Gasteiger partial charge in [-0.25, -0.2) is 0 Å². The Morgan fingerprint density at radius 1 is 0.967 bits per heavy atom. The van der Waals surface area contributed by atoms with Gasteiger partial charge in [-0.3, -0.25) is 9.59 Å². The van der Waals surface area contributed by atoms with E-state index < -0.39 is 0 Å². The van der Waals surface area contributed by atoms with Gasteiger partial charge in [0.2, 0.25) is 11.8 Å². The highest BCUT2D eigenvalue weighted by atomic mass is 35.5. The number of nitrogens with zero attached hydrogens (tertiary/aromatic N) is 2. The molecule has 3 rings (SSSR count). The van der Waals surface area contributed by atoms with Crippen molar-refractivity contribution < 1.29 is 14.3 Å². The number of piperidine rings is 2. The van der Waals surface area contributed by atoms with Crippen LogP contribution < -0.4 is 4.74 Å². The van der Waals surface area contributed by atoms with Crippen LogP contribution in [-0.2, 0) is 9.59 Å². The van der Waals surface area contributed by atoms with Gasteiger partial charge >= 0.3 is 0 Å². The summed E-state index contributed by atoms with van der Waals surface area (Å²) in [5.74, 6) is 1.58. The maximum atomic E-state index is 13.1. The van der Waals surface area contributed by atoms with Crippen LogP contribution in [0.25, 0.3) is 0 Å². The molecule has 0 atom stereocenters. The maximum Gasteiger partial charge on any atom is 0.223 e. The summed E-state index contributed by atoms with van der Waals surface area (Å²) in [5.41, 5.74) is -0.233. The molecule has 6 heteroatoms. The highest BCUT2D eigenvalue weighted by Crippen LogP contribution is 2.37. The van der Waals surface area contributed by atoms with E-state index in [0.717, 1.165) is 44.5 Å². The molecule has 0 aromatic heterocycles. The van der Waals surface area contributed by atoms with Crippen LogP contribution in [0, 0.1) is 11.3 Å². The van der Waals surface area contributed by atoms with Crippen molar-refractivity contribution in [2.45, 2.75) is 58.8 Å². The summed E-state index contributed by atoms with van der Waals surface area (Å²) >= 11 is 5.98. The third-order valence-electron chi connectivity index (χ3n) is 6.35. The van der Waals surface area contributed by atoms with Gasteiger partial charge in [0.05, 0.1) is 6.61 Å². The van der Waals surface area contributed by atoms with Crippen LogP contribution >= 0.6 is 11.6 Å². The van der Waals surface area contributed by atoms with Gasteiger partial charge in [-0.2, -0.15) is 0 Å². The molecule has 0 saturated carbocycles. The lowest BCUT2D eigenvalue weighted by Crippen LogP contribution is -2.48. The Morgan fingerprint density at radius 3 is 2.17 bits per heavy atom. The van der Waals surface area contributed by atoms with E-state index in [1.807, 2.05) is 34.1 Å². The molecule has 2 heterocycles. The minimum absolute atomic E-state index is 0.222. The van der Waals surface area contributed by atoms with Crippen molar-refractivity contribution in [2.24, 2.45) is 11.3 Å². The summed E-state index contributed by atoms with van der Waals surface area (Å²) in [6.45, 7) is 7.76. The Morgan fingerprint density at radius 2 is 1.57 bits per heavy atom. The van der Waals surface area contributed by atoms with E-state index in [1.54, 1.807) is 0 Å². The normalized spacial score (nSPS) is 19.1. The van der Waals surface area contributed by atoms with E-state index >= 15 is 0 Å². The molecule has 0 N–H and O–H groups in total. The molecular weight excluding hydrogens is 400 g/mol. The molecule has 2 saturated heterocycles. The van der Waals surface area contributed by atoms with Crippen molar-refractivity contribution in [3.05, 3.63) is 29.3 Å². The maximum absolute atomic E-state index is 13.1. The molecule has 2 amide bonds. The highest BCUT2D eigenvalue weighted by molar-refractivity contribution is 6.30. The van der Waals surface area contributed by atoms with Crippen LogP contribution in [0.1, 0.15) is 58.8 Å². The zero-order valence-corrected chi connectivity index (χ0v) is 19.1. The number of ether oxygens (including phenoxy) is 1. The Balaban J connectivity index is 1.66. The molecule has 0 aliphatic carbocycles. The monoisotopic (exact) mass is 434 g/mol. The number of hydrogen-bond acceptors (Lipinski definition) is 3. The molecule has 0 radical (unpaired) electrons. The molecule has 30 heavy (non-hydrogen) atoms. The zero-order chi connectivity index (χ0) is 21.6. The lowest BCUT2D eigenvalue weighted by molar-refractivity contribution is -0.138. The van der Waals surface area contributed by atoms with Gasteiger partial charge in [0.15, 0.2) is 0 Å².